The van der Waals surface area contributed by atoms with Gasteiger partial charge >= 0.3 is 12.1 Å². The van der Waals surface area contributed by atoms with Crippen molar-refractivity contribution in [3.63, 3.8) is 0 Å². The van der Waals surface area contributed by atoms with Gasteiger partial charge in [0.05, 0.1) is 5.92 Å². The van der Waals surface area contributed by atoms with Crippen molar-refractivity contribution in [3.05, 3.63) is 0 Å². The van der Waals surface area contributed by atoms with Crippen molar-refractivity contribution in [1.82, 2.24) is 4.90 Å². The normalized spacial score (nSPS) is 21.4. The lowest BCUT2D eigenvalue weighted by atomic mass is 9.90. The smallest absolute Gasteiger partial charge is 0.410 e. The van der Waals surface area contributed by atoms with Gasteiger partial charge in [-0.2, -0.15) is 0 Å². The molecule has 1 rings (SSSR count). The number of aliphatic carboxylic acids is 1. The molecule has 1 N–H and O–H groups in total. The molecule has 0 radical (unpaired) electrons. The van der Waals surface area contributed by atoms with Crippen molar-refractivity contribution in [2.45, 2.75) is 59.0 Å². The maximum atomic E-state index is 12.0. The number of nitrogens with zero attached hydrogens (tertiary/aromatic N) is 1. The van der Waals surface area contributed by atoms with Gasteiger partial charge in [-0.3, -0.25) is 4.79 Å². The number of hydrogen-bond donors (Lipinski definition) is 1. The molecule has 1 aliphatic heterocycles. The molecular weight excluding hydrogens is 258 g/mol. The molecule has 2 unspecified atom stereocenters. The van der Waals surface area contributed by atoms with Crippen molar-refractivity contribution >= 4 is 12.1 Å². The summed E-state index contributed by atoms with van der Waals surface area (Å²) in [6.45, 7) is 8.74. The molecule has 20 heavy (non-hydrogen) atoms. The maximum Gasteiger partial charge on any atom is 0.410 e. The number of carboxylic acid groups (broad SMARTS) is 1. The molecule has 0 saturated carbocycles. The third kappa shape index (κ3) is 5.80. The van der Waals surface area contributed by atoms with Crippen molar-refractivity contribution in [2.75, 3.05) is 13.1 Å². The molecule has 0 bridgehead atoms. The molecule has 0 aliphatic carbocycles. The summed E-state index contributed by atoms with van der Waals surface area (Å²) in [7, 11) is 0. The predicted octanol–water partition coefficient (Wildman–Crippen LogP) is 3.13. The molecule has 1 saturated heterocycles. The molecule has 116 valence electrons. The first kappa shape index (κ1) is 16.8. The SMILES string of the molecule is CC(CCC1CCCN(C(=O)OC(C)(C)C)C1)C(=O)O. The van der Waals surface area contributed by atoms with E-state index in [1.807, 2.05) is 20.8 Å². The number of likely N-dealkylation sites (tertiary alicyclic amines) is 1. The Morgan fingerprint density at radius 3 is 2.60 bits per heavy atom. The molecule has 0 aromatic carbocycles. The molecule has 1 heterocycles. The van der Waals surface area contributed by atoms with Gasteiger partial charge in [0.2, 0.25) is 0 Å². The fourth-order valence-corrected chi connectivity index (χ4v) is 2.40. The van der Waals surface area contributed by atoms with Crippen LogP contribution in [-0.4, -0.2) is 40.8 Å². The highest BCUT2D eigenvalue weighted by atomic mass is 16.6. The van der Waals surface area contributed by atoms with Gasteiger partial charge in [-0.25, -0.2) is 4.79 Å². The van der Waals surface area contributed by atoms with Crippen molar-refractivity contribution in [3.8, 4) is 0 Å². The van der Waals surface area contributed by atoms with Crippen LogP contribution in [0.25, 0.3) is 0 Å². The molecular formula is C15H27NO4. The quantitative estimate of drug-likeness (QED) is 0.861. The molecule has 5 nitrogen and oxygen atoms in total. The van der Waals surface area contributed by atoms with Crippen LogP contribution >= 0.6 is 0 Å². The topological polar surface area (TPSA) is 66.8 Å². The Labute approximate surface area is 121 Å². The van der Waals surface area contributed by atoms with Crippen molar-refractivity contribution in [1.29, 1.82) is 0 Å². The summed E-state index contributed by atoms with van der Waals surface area (Å²) in [5, 5.41) is 8.89. The summed E-state index contributed by atoms with van der Waals surface area (Å²) in [4.78, 5) is 24.6. The highest BCUT2D eigenvalue weighted by Crippen LogP contribution is 2.24. The standard InChI is InChI=1S/C15H27NO4/c1-11(13(17)18)7-8-12-6-5-9-16(10-12)14(19)20-15(2,3)4/h11-12H,5-10H2,1-4H3,(H,17,18). The van der Waals surface area contributed by atoms with E-state index in [4.69, 9.17) is 9.84 Å². The minimum atomic E-state index is -0.746. The summed E-state index contributed by atoms with van der Waals surface area (Å²) < 4.78 is 5.38. The molecule has 5 heteroatoms. The fourth-order valence-electron chi connectivity index (χ4n) is 2.40. The highest BCUT2D eigenvalue weighted by Gasteiger charge is 2.28. The third-order valence-corrected chi connectivity index (χ3v) is 3.60. The van der Waals surface area contributed by atoms with Gasteiger partial charge in [-0.1, -0.05) is 6.92 Å². The van der Waals surface area contributed by atoms with Gasteiger partial charge in [0.15, 0.2) is 0 Å². The van der Waals surface area contributed by atoms with E-state index in [1.165, 1.54) is 0 Å². The lowest BCUT2D eigenvalue weighted by Gasteiger charge is -2.34. The average molecular weight is 285 g/mol. The Morgan fingerprint density at radius 1 is 1.40 bits per heavy atom. The summed E-state index contributed by atoms with van der Waals surface area (Å²) in [6.07, 6.45) is 3.29. The number of carbonyl (C=O) groups is 2. The Bertz CT molecular complexity index is 348. The summed E-state index contributed by atoms with van der Waals surface area (Å²) in [5.74, 6) is -0.672. The van der Waals surface area contributed by atoms with Crippen LogP contribution in [0.15, 0.2) is 0 Å². The van der Waals surface area contributed by atoms with E-state index in [0.717, 1.165) is 25.8 Å². The van der Waals surface area contributed by atoms with Crippen LogP contribution in [0, 0.1) is 11.8 Å². The van der Waals surface area contributed by atoms with E-state index in [1.54, 1.807) is 11.8 Å². The van der Waals surface area contributed by atoms with Crippen LogP contribution < -0.4 is 0 Å². The van der Waals surface area contributed by atoms with Gasteiger partial charge < -0.3 is 14.7 Å². The lowest BCUT2D eigenvalue weighted by Crippen LogP contribution is -2.43. The monoisotopic (exact) mass is 285 g/mol. The van der Waals surface area contributed by atoms with Crippen molar-refractivity contribution in [2.24, 2.45) is 11.8 Å². The van der Waals surface area contributed by atoms with E-state index in [0.29, 0.717) is 18.9 Å². The first-order chi connectivity index (χ1) is 9.19. The number of piperidine rings is 1. The largest absolute Gasteiger partial charge is 0.481 e. The van der Waals surface area contributed by atoms with Gasteiger partial charge in [0, 0.05) is 13.1 Å². The van der Waals surface area contributed by atoms with Crippen LogP contribution in [0.3, 0.4) is 0 Å². The average Bonchev–Trinajstić information content (AvgIpc) is 2.34. The number of amides is 1. The van der Waals surface area contributed by atoms with Crippen LogP contribution in [0.4, 0.5) is 4.79 Å². The second-order valence-electron chi connectivity index (χ2n) is 6.75. The second-order valence-corrected chi connectivity index (χ2v) is 6.75. The molecule has 0 aromatic rings. The second kappa shape index (κ2) is 6.95. The Hall–Kier alpha value is -1.26. The van der Waals surface area contributed by atoms with Gasteiger partial charge in [-0.15, -0.1) is 0 Å². The number of carbonyl (C=O) groups excluding carboxylic acids is 1. The van der Waals surface area contributed by atoms with E-state index in [9.17, 15) is 9.59 Å². The first-order valence-electron chi connectivity index (χ1n) is 7.40. The molecule has 1 amide bonds. The Morgan fingerprint density at radius 2 is 2.05 bits per heavy atom. The predicted molar refractivity (Wildman–Crippen MR) is 76.6 cm³/mol. The van der Waals surface area contributed by atoms with Crippen LogP contribution in [0.1, 0.15) is 53.4 Å². The minimum Gasteiger partial charge on any atom is -0.481 e. The summed E-state index contributed by atoms with van der Waals surface area (Å²) in [6, 6.07) is 0. The number of carboxylic acids is 1. The van der Waals surface area contributed by atoms with Crippen LogP contribution in [0.5, 0.6) is 0 Å². The zero-order chi connectivity index (χ0) is 15.3. The van der Waals surface area contributed by atoms with E-state index >= 15 is 0 Å². The summed E-state index contributed by atoms with van der Waals surface area (Å²) in [5.41, 5.74) is -0.470. The Kier molecular flexibility index (Phi) is 5.84. The first-order valence-corrected chi connectivity index (χ1v) is 7.40. The number of ether oxygens (including phenoxy) is 1. The van der Waals surface area contributed by atoms with Crippen LogP contribution in [-0.2, 0) is 9.53 Å². The van der Waals surface area contributed by atoms with E-state index in [2.05, 4.69) is 0 Å². The maximum absolute atomic E-state index is 12.0. The minimum absolute atomic E-state index is 0.256. The summed E-state index contributed by atoms with van der Waals surface area (Å²) >= 11 is 0. The molecule has 1 aliphatic rings. The lowest BCUT2D eigenvalue weighted by molar-refractivity contribution is -0.141. The number of rotatable bonds is 4. The molecule has 2 atom stereocenters. The third-order valence-electron chi connectivity index (χ3n) is 3.60. The molecule has 0 aromatic heterocycles. The fraction of sp³-hybridized carbons (Fsp3) is 0.867. The van der Waals surface area contributed by atoms with E-state index in [-0.39, 0.29) is 12.0 Å². The molecule has 0 spiro atoms. The van der Waals surface area contributed by atoms with Crippen molar-refractivity contribution < 1.29 is 19.4 Å². The highest BCUT2D eigenvalue weighted by molar-refractivity contribution is 5.69. The van der Waals surface area contributed by atoms with Gasteiger partial charge in [0.1, 0.15) is 5.60 Å². The van der Waals surface area contributed by atoms with Crippen LogP contribution in [0.2, 0.25) is 0 Å². The zero-order valence-electron chi connectivity index (χ0n) is 13.0. The van der Waals surface area contributed by atoms with Gasteiger partial charge in [-0.05, 0) is 52.4 Å². The Balaban J connectivity index is 2.42. The van der Waals surface area contributed by atoms with Gasteiger partial charge in [0.25, 0.3) is 0 Å². The molecule has 1 fully saturated rings. The zero-order valence-corrected chi connectivity index (χ0v) is 13.0. The number of hydrogen-bond acceptors (Lipinski definition) is 3. The van der Waals surface area contributed by atoms with E-state index < -0.39 is 11.6 Å².